The molecule has 0 aromatic rings. The smallest absolute Gasteiger partial charge is 0.325 e. The van der Waals surface area contributed by atoms with Crippen LogP contribution in [-0.4, -0.2) is 51.6 Å². The molecule has 2 unspecified atom stereocenters. The summed E-state index contributed by atoms with van der Waals surface area (Å²) in [4.78, 5) is 10.6. The summed E-state index contributed by atoms with van der Waals surface area (Å²) >= 11 is 0. The average molecular weight is 212 g/mol. The van der Waals surface area contributed by atoms with Crippen molar-refractivity contribution in [2.75, 3.05) is 0 Å². The second-order valence-corrected chi connectivity index (χ2v) is 3.13. The Bertz CT molecular complexity index is 244. The number of halogens is 2. The van der Waals surface area contributed by atoms with E-state index in [1.165, 1.54) is 0 Å². The van der Waals surface area contributed by atoms with Crippen molar-refractivity contribution in [1.29, 1.82) is 0 Å². The zero-order valence-electron chi connectivity index (χ0n) is 7.22. The first-order chi connectivity index (χ1) is 6.28. The third-order valence-corrected chi connectivity index (χ3v) is 2.05. The number of hydrogen-bond donors (Lipinski definition) is 3. The van der Waals surface area contributed by atoms with Crippen LogP contribution in [0.25, 0.3) is 0 Å². The Morgan fingerprint density at radius 2 is 2.00 bits per heavy atom. The van der Waals surface area contributed by atoms with Crippen molar-refractivity contribution < 1.29 is 33.6 Å². The molecule has 0 bridgehead atoms. The van der Waals surface area contributed by atoms with Crippen LogP contribution in [0.3, 0.4) is 0 Å². The van der Waals surface area contributed by atoms with Crippen LogP contribution in [0.15, 0.2) is 0 Å². The van der Waals surface area contributed by atoms with Gasteiger partial charge >= 0.3 is 5.92 Å². The quantitative estimate of drug-likeness (QED) is 0.526. The van der Waals surface area contributed by atoms with Crippen LogP contribution in [0.4, 0.5) is 8.78 Å². The fourth-order valence-electron chi connectivity index (χ4n) is 1.16. The first-order valence-corrected chi connectivity index (χ1v) is 3.86. The molecule has 0 aromatic heterocycles. The number of carbonyl (C=O) groups excluding carboxylic acids is 1. The van der Waals surface area contributed by atoms with Gasteiger partial charge in [-0.25, -0.2) is 0 Å². The highest BCUT2D eigenvalue weighted by Gasteiger charge is 2.60. The van der Waals surface area contributed by atoms with Gasteiger partial charge in [-0.15, -0.1) is 0 Å². The van der Waals surface area contributed by atoms with Crippen LogP contribution >= 0.6 is 0 Å². The summed E-state index contributed by atoms with van der Waals surface area (Å²) in [6.07, 6.45) is -8.56. The highest BCUT2D eigenvalue weighted by atomic mass is 19.3. The van der Waals surface area contributed by atoms with Crippen LogP contribution in [0.2, 0.25) is 0 Å². The highest BCUT2D eigenvalue weighted by molar-refractivity contribution is 5.81. The standard InChI is InChI=1S/C7H10F2O5/c1-2(10)3(11)4-5(12)7(8,9)6(13)14-4/h3-6,11-13H,1H3/t3?,4-,5-,6?/m1/s1. The van der Waals surface area contributed by atoms with Gasteiger partial charge in [0.05, 0.1) is 0 Å². The Kier molecular flexibility index (Phi) is 2.86. The molecular formula is C7H10F2O5. The SMILES string of the molecule is CC(=O)C(O)[C@H]1OC(O)C(F)(F)[C@@H]1O. The minimum absolute atomic E-state index is 0.820. The molecule has 1 aliphatic heterocycles. The molecule has 0 saturated carbocycles. The van der Waals surface area contributed by atoms with Gasteiger partial charge in [-0.2, -0.15) is 8.78 Å². The van der Waals surface area contributed by atoms with Gasteiger partial charge in [0.1, 0.15) is 12.2 Å². The molecule has 1 heterocycles. The molecule has 1 fully saturated rings. The Morgan fingerprint density at radius 1 is 1.50 bits per heavy atom. The summed E-state index contributed by atoms with van der Waals surface area (Å²) in [7, 11) is 0. The van der Waals surface area contributed by atoms with Crippen molar-refractivity contribution >= 4 is 5.78 Å². The van der Waals surface area contributed by atoms with Gasteiger partial charge in [-0.05, 0) is 6.92 Å². The van der Waals surface area contributed by atoms with E-state index >= 15 is 0 Å². The van der Waals surface area contributed by atoms with Crippen LogP contribution in [-0.2, 0) is 9.53 Å². The van der Waals surface area contributed by atoms with Gasteiger partial charge in [-0.3, -0.25) is 4.79 Å². The van der Waals surface area contributed by atoms with Gasteiger partial charge in [0, 0.05) is 0 Å². The largest absolute Gasteiger partial charge is 0.384 e. The monoisotopic (exact) mass is 212 g/mol. The molecule has 7 heteroatoms. The molecule has 5 nitrogen and oxygen atoms in total. The van der Waals surface area contributed by atoms with Crippen molar-refractivity contribution in [3.63, 3.8) is 0 Å². The van der Waals surface area contributed by atoms with E-state index in [1.54, 1.807) is 0 Å². The van der Waals surface area contributed by atoms with Crippen molar-refractivity contribution in [3.8, 4) is 0 Å². The Balaban J connectivity index is 2.81. The predicted octanol–water partition coefficient (Wildman–Crippen LogP) is -1.35. The maximum Gasteiger partial charge on any atom is 0.325 e. The lowest BCUT2D eigenvalue weighted by Crippen LogP contribution is -2.45. The molecule has 1 saturated heterocycles. The fourth-order valence-corrected chi connectivity index (χ4v) is 1.16. The lowest BCUT2D eigenvalue weighted by atomic mass is 10.0. The number of ether oxygens (including phenoxy) is 1. The van der Waals surface area contributed by atoms with E-state index in [0.717, 1.165) is 6.92 Å². The van der Waals surface area contributed by atoms with Gasteiger partial charge in [0.25, 0.3) is 0 Å². The predicted molar refractivity (Wildman–Crippen MR) is 38.5 cm³/mol. The maximum atomic E-state index is 12.8. The van der Waals surface area contributed by atoms with Crippen molar-refractivity contribution in [2.24, 2.45) is 0 Å². The number of alkyl halides is 2. The minimum atomic E-state index is -3.87. The van der Waals surface area contributed by atoms with Gasteiger partial charge in [0.15, 0.2) is 11.9 Å². The van der Waals surface area contributed by atoms with Crippen molar-refractivity contribution in [3.05, 3.63) is 0 Å². The first kappa shape index (κ1) is 11.4. The highest BCUT2D eigenvalue weighted by Crippen LogP contribution is 2.36. The Morgan fingerprint density at radius 3 is 2.29 bits per heavy atom. The van der Waals surface area contributed by atoms with Gasteiger partial charge in [-0.1, -0.05) is 0 Å². The zero-order valence-corrected chi connectivity index (χ0v) is 7.22. The summed E-state index contributed by atoms with van der Waals surface area (Å²) in [5.41, 5.74) is 0. The molecule has 0 aliphatic carbocycles. The van der Waals surface area contributed by atoms with E-state index in [9.17, 15) is 13.6 Å². The molecule has 0 aromatic carbocycles. The Labute approximate surface area is 77.9 Å². The number of carbonyl (C=O) groups is 1. The molecule has 82 valence electrons. The molecule has 1 aliphatic rings. The van der Waals surface area contributed by atoms with Gasteiger partial charge < -0.3 is 20.1 Å². The minimum Gasteiger partial charge on any atom is -0.384 e. The van der Waals surface area contributed by atoms with E-state index in [4.69, 9.17) is 15.3 Å². The zero-order chi connectivity index (χ0) is 11.1. The van der Waals surface area contributed by atoms with Crippen LogP contribution in [0.5, 0.6) is 0 Å². The number of hydrogen-bond acceptors (Lipinski definition) is 5. The van der Waals surface area contributed by atoms with E-state index in [1.807, 2.05) is 0 Å². The molecule has 1 rings (SSSR count). The second kappa shape index (κ2) is 3.50. The maximum absolute atomic E-state index is 12.8. The normalized spacial score (nSPS) is 38.3. The summed E-state index contributed by atoms with van der Waals surface area (Å²) in [5, 5.41) is 26.7. The molecule has 0 radical (unpaired) electrons. The summed E-state index contributed by atoms with van der Waals surface area (Å²) in [5.74, 6) is -4.69. The lowest BCUT2D eigenvalue weighted by Gasteiger charge is -2.18. The fraction of sp³-hybridized carbons (Fsp3) is 0.857. The van der Waals surface area contributed by atoms with Gasteiger partial charge in [0.2, 0.25) is 6.29 Å². The molecule has 4 atom stereocenters. The third-order valence-electron chi connectivity index (χ3n) is 2.05. The number of Topliss-reactive ketones (excluding diaryl/α,β-unsaturated/α-hetero) is 1. The van der Waals surface area contributed by atoms with E-state index < -0.39 is 36.3 Å². The molecule has 0 amide bonds. The van der Waals surface area contributed by atoms with Crippen LogP contribution < -0.4 is 0 Å². The molecule has 0 spiro atoms. The van der Waals surface area contributed by atoms with Crippen LogP contribution in [0, 0.1) is 0 Å². The number of ketones is 1. The molecule has 3 N–H and O–H groups in total. The van der Waals surface area contributed by atoms with Crippen LogP contribution in [0.1, 0.15) is 6.92 Å². The summed E-state index contributed by atoms with van der Waals surface area (Å²) < 4.78 is 29.7. The molecular weight excluding hydrogens is 202 g/mol. The molecule has 14 heavy (non-hydrogen) atoms. The van der Waals surface area contributed by atoms with Crippen molar-refractivity contribution in [2.45, 2.75) is 37.4 Å². The van der Waals surface area contributed by atoms with E-state index in [2.05, 4.69) is 4.74 Å². The number of aliphatic hydroxyl groups is 3. The second-order valence-electron chi connectivity index (χ2n) is 3.13. The number of aliphatic hydroxyl groups excluding tert-OH is 3. The Hall–Kier alpha value is -0.630. The van der Waals surface area contributed by atoms with E-state index in [0.29, 0.717) is 0 Å². The first-order valence-electron chi connectivity index (χ1n) is 3.86. The van der Waals surface area contributed by atoms with Crippen molar-refractivity contribution in [1.82, 2.24) is 0 Å². The van der Waals surface area contributed by atoms with E-state index in [-0.39, 0.29) is 0 Å². The summed E-state index contributed by atoms with van der Waals surface area (Å²) in [6, 6.07) is 0. The lowest BCUT2D eigenvalue weighted by molar-refractivity contribution is -0.200. The summed E-state index contributed by atoms with van der Waals surface area (Å²) in [6.45, 7) is 0.962. The number of rotatable bonds is 2. The third kappa shape index (κ3) is 1.63. The average Bonchev–Trinajstić information content (AvgIpc) is 2.28. The topological polar surface area (TPSA) is 87.0 Å².